The maximum Gasteiger partial charge on any atom is 0.338 e. The molecule has 0 atom stereocenters. The summed E-state index contributed by atoms with van der Waals surface area (Å²) in [6.07, 6.45) is 0. The Morgan fingerprint density at radius 2 is 1.41 bits per heavy atom. The number of aryl methyl sites for hydroxylation is 2. The molecule has 0 saturated heterocycles. The number of ether oxygens (including phenoxy) is 3. The number of hydrogen-bond acceptors (Lipinski definition) is 4. The van der Waals surface area contributed by atoms with Crippen molar-refractivity contribution in [1.82, 2.24) is 0 Å². The molecule has 4 nitrogen and oxygen atoms in total. The molecule has 0 unspecified atom stereocenters. The van der Waals surface area contributed by atoms with Crippen LogP contribution in [0.5, 0.6) is 11.5 Å². The van der Waals surface area contributed by atoms with Gasteiger partial charge < -0.3 is 14.2 Å². The molecule has 0 spiro atoms. The Morgan fingerprint density at radius 3 is 1.91 bits per heavy atom. The first-order valence-electron chi connectivity index (χ1n) is 6.99. The van der Waals surface area contributed by atoms with Crippen molar-refractivity contribution in [2.45, 2.75) is 20.5 Å². The zero-order valence-corrected chi connectivity index (χ0v) is 13.3. The maximum atomic E-state index is 12.1. The molecule has 0 fully saturated rings. The third-order valence-corrected chi connectivity index (χ3v) is 3.24. The molecule has 0 N–H and O–H groups in total. The van der Waals surface area contributed by atoms with E-state index in [1.54, 1.807) is 20.3 Å². The lowest BCUT2D eigenvalue weighted by atomic mass is 10.1. The lowest BCUT2D eigenvalue weighted by Gasteiger charge is -2.10. The molecule has 0 radical (unpaired) electrons. The molecule has 0 aromatic heterocycles. The van der Waals surface area contributed by atoms with Crippen LogP contribution in [0.3, 0.4) is 0 Å². The van der Waals surface area contributed by atoms with Gasteiger partial charge in [-0.2, -0.15) is 0 Å². The normalized spacial score (nSPS) is 10.2. The van der Waals surface area contributed by atoms with Crippen molar-refractivity contribution in [3.63, 3.8) is 0 Å². The molecule has 0 aliphatic carbocycles. The van der Waals surface area contributed by atoms with Crippen molar-refractivity contribution in [3.05, 3.63) is 58.7 Å². The second-order valence-corrected chi connectivity index (χ2v) is 5.17. The van der Waals surface area contributed by atoms with E-state index < -0.39 is 0 Å². The Bertz CT molecular complexity index is 634. The minimum atomic E-state index is -0.339. The lowest BCUT2D eigenvalue weighted by Crippen LogP contribution is -2.06. The molecule has 116 valence electrons. The summed E-state index contributed by atoms with van der Waals surface area (Å²) in [6, 6.07) is 11.1. The van der Waals surface area contributed by atoms with Crippen molar-refractivity contribution in [3.8, 4) is 11.5 Å². The van der Waals surface area contributed by atoms with Gasteiger partial charge in [-0.25, -0.2) is 4.79 Å². The number of esters is 1. The molecular formula is C18H20O4. The van der Waals surface area contributed by atoms with Gasteiger partial charge in [-0.05, 0) is 43.7 Å². The van der Waals surface area contributed by atoms with Gasteiger partial charge >= 0.3 is 5.97 Å². The second kappa shape index (κ2) is 6.98. The average Bonchev–Trinajstić information content (AvgIpc) is 2.51. The van der Waals surface area contributed by atoms with Gasteiger partial charge in [0.15, 0.2) is 0 Å². The third kappa shape index (κ3) is 4.01. The van der Waals surface area contributed by atoms with Crippen LogP contribution in [0.4, 0.5) is 0 Å². The summed E-state index contributed by atoms with van der Waals surface area (Å²) < 4.78 is 15.8. The minimum Gasteiger partial charge on any atom is -0.497 e. The van der Waals surface area contributed by atoms with Crippen LogP contribution < -0.4 is 9.47 Å². The first kappa shape index (κ1) is 15.9. The fourth-order valence-electron chi connectivity index (χ4n) is 2.27. The van der Waals surface area contributed by atoms with Crippen LogP contribution in [0.15, 0.2) is 36.4 Å². The molecule has 0 aliphatic rings. The average molecular weight is 300 g/mol. The van der Waals surface area contributed by atoms with Crippen molar-refractivity contribution in [1.29, 1.82) is 0 Å². The van der Waals surface area contributed by atoms with Crippen LogP contribution in [0.25, 0.3) is 0 Å². The van der Waals surface area contributed by atoms with Crippen LogP contribution in [-0.2, 0) is 11.3 Å². The van der Waals surface area contributed by atoms with Crippen molar-refractivity contribution >= 4 is 5.97 Å². The Labute approximate surface area is 130 Å². The summed E-state index contributed by atoms with van der Waals surface area (Å²) >= 11 is 0. The Balaban J connectivity index is 2.10. The summed E-state index contributed by atoms with van der Waals surface area (Å²) in [6.45, 7) is 4.08. The van der Waals surface area contributed by atoms with Gasteiger partial charge in [-0.1, -0.05) is 17.2 Å². The molecule has 4 heteroatoms. The fraction of sp³-hybridized carbons (Fsp3) is 0.278. The van der Waals surface area contributed by atoms with E-state index >= 15 is 0 Å². The van der Waals surface area contributed by atoms with Crippen LogP contribution in [-0.4, -0.2) is 20.2 Å². The zero-order valence-electron chi connectivity index (χ0n) is 13.3. The zero-order chi connectivity index (χ0) is 16.1. The predicted octanol–water partition coefficient (Wildman–Crippen LogP) is 3.68. The number of carbonyl (C=O) groups excluding carboxylic acids is 1. The molecule has 0 heterocycles. The summed E-state index contributed by atoms with van der Waals surface area (Å²) in [5, 5.41) is 0. The Kier molecular flexibility index (Phi) is 5.04. The highest BCUT2D eigenvalue weighted by molar-refractivity contribution is 5.89. The summed E-state index contributed by atoms with van der Waals surface area (Å²) in [5.74, 6) is 0.988. The second-order valence-electron chi connectivity index (χ2n) is 5.17. The smallest absolute Gasteiger partial charge is 0.338 e. The van der Waals surface area contributed by atoms with Gasteiger partial charge in [-0.15, -0.1) is 0 Å². The fourth-order valence-corrected chi connectivity index (χ4v) is 2.27. The standard InChI is InChI=1S/C18H20O4/c1-12-5-13(2)7-15(6-12)18(19)22-11-14-8-16(20-3)10-17(9-14)21-4/h5-10H,11H2,1-4H3. The third-order valence-electron chi connectivity index (χ3n) is 3.24. The van der Waals surface area contributed by atoms with Crippen LogP contribution >= 0.6 is 0 Å². The lowest BCUT2D eigenvalue weighted by molar-refractivity contribution is 0.0472. The molecule has 2 aromatic carbocycles. The van der Waals surface area contributed by atoms with Crippen LogP contribution in [0.2, 0.25) is 0 Å². The largest absolute Gasteiger partial charge is 0.497 e. The minimum absolute atomic E-state index is 0.166. The van der Waals surface area contributed by atoms with E-state index in [0.717, 1.165) is 16.7 Å². The number of rotatable bonds is 5. The first-order valence-corrected chi connectivity index (χ1v) is 6.99. The monoisotopic (exact) mass is 300 g/mol. The molecule has 0 bridgehead atoms. The molecular weight excluding hydrogens is 280 g/mol. The van der Waals surface area contributed by atoms with E-state index in [2.05, 4.69) is 0 Å². The highest BCUT2D eigenvalue weighted by atomic mass is 16.5. The Hall–Kier alpha value is -2.49. The van der Waals surface area contributed by atoms with E-state index in [-0.39, 0.29) is 12.6 Å². The molecule has 0 amide bonds. The highest BCUT2D eigenvalue weighted by Crippen LogP contribution is 2.23. The topological polar surface area (TPSA) is 44.8 Å². The van der Waals surface area contributed by atoms with Gasteiger partial charge in [0.2, 0.25) is 0 Å². The molecule has 2 rings (SSSR count). The number of benzene rings is 2. The van der Waals surface area contributed by atoms with Crippen molar-refractivity contribution in [2.24, 2.45) is 0 Å². The van der Waals surface area contributed by atoms with Gasteiger partial charge in [0.25, 0.3) is 0 Å². The number of methoxy groups -OCH3 is 2. The van der Waals surface area contributed by atoms with E-state index in [1.165, 1.54) is 0 Å². The molecule has 22 heavy (non-hydrogen) atoms. The van der Waals surface area contributed by atoms with Gasteiger partial charge in [0.1, 0.15) is 18.1 Å². The van der Waals surface area contributed by atoms with E-state index in [1.807, 2.05) is 44.2 Å². The van der Waals surface area contributed by atoms with Crippen molar-refractivity contribution in [2.75, 3.05) is 14.2 Å². The summed E-state index contributed by atoms with van der Waals surface area (Å²) in [7, 11) is 3.17. The summed E-state index contributed by atoms with van der Waals surface area (Å²) in [5.41, 5.74) is 3.45. The first-order chi connectivity index (χ1) is 10.5. The maximum absolute atomic E-state index is 12.1. The Morgan fingerprint density at radius 1 is 0.864 bits per heavy atom. The molecule has 0 aliphatic heterocycles. The quantitative estimate of drug-likeness (QED) is 0.790. The van der Waals surface area contributed by atoms with Crippen LogP contribution in [0, 0.1) is 13.8 Å². The van der Waals surface area contributed by atoms with Gasteiger partial charge in [0.05, 0.1) is 19.8 Å². The van der Waals surface area contributed by atoms with Crippen molar-refractivity contribution < 1.29 is 19.0 Å². The number of hydrogen-bond donors (Lipinski definition) is 0. The van der Waals surface area contributed by atoms with Gasteiger partial charge in [-0.3, -0.25) is 0 Å². The van der Waals surface area contributed by atoms with Crippen LogP contribution in [0.1, 0.15) is 27.0 Å². The summed E-state index contributed by atoms with van der Waals surface area (Å²) in [4.78, 5) is 12.1. The highest BCUT2D eigenvalue weighted by Gasteiger charge is 2.10. The molecule has 0 saturated carbocycles. The SMILES string of the molecule is COc1cc(COC(=O)c2cc(C)cc(C)c2)cc(OC)c1. The predicted molar refractivity (Wildman–Crippen MR) is 84.6 cm³/mol. The van der Waals surface area contributed by atoms with E-state index in [0.29, 0.717) is 17.1 Å². The number of carbonyl (C=O) groups is 1. The van der Waals surface area contributed by atoms with E-state index in [4.69, 9.17) is 14.2 Å². The van der Waals surface area contributed by atoms with E-state index in [9.17, 15) is 4.79 Å². The molecule has 2 aromatic rings. The van der Waals surface area contributed by atoms with Gasteiger partial charge in [0, 0.05) is 6.07 Å².